The molecular formula is C20H26Ru. The van der Waals surface area contributed by atoms with E-state index in [1.165, 1.54) is 11.1 Å². The monoisotopic (exact) mass is 368 g/mol. The Bertz CT molecular complexity index is 568. The van der Waals surface area contributed by atoms with Crippen molar-refractivity contribution in [3.63, 3.8) is 0 Å². The third kappa shape index (κ3) is 3.64. The molecule has 114 valence electrons. The Balaban J connectivity index is 2.49. The average Bonchev–Trinajstić information content (AvgIpc) is 2.37. The fourth-order valence-electron chi connectivity index (χ4n) is 2.98. The van der Waals surface area contributed by atoms with Gasteiger partial charge in [-0.3, -0.25) is 0 Å². The van der Waals surface area contributed by atoms with E-state index in [0.717, 1.165) is 0 Å². The second-order valence-electron chi connectivity index (χ2n) is 6.31. The van der Waals surface area contributed by atoms with Crippen LogP contribution in [0.4, 0.5) is 0 Å². The van der Waals surface area contributed by atoms with Crippen molar-refractivity contribution in [2.45, 2.75) is 53.4 Å². The van der Waals surface area contributed by atoms with E-state index in [4.69, 9.17) is 0 Å². The van der Waals surface area contributed by atoms with Gasteiger partial charge in [-0.1, -0.05) is 0 Å². The Morgan fingerprint density at radius 1 is 0.667 bits per heavy atom. The summed E-state index contributed by atoms with van der Waals surface area (Å²) in [5.41, 5.74) is 6.00. The van der Waals surface area contributed by atoms with Gasteiger partial charge >= 0.3 is 137 Å². The molecule has 0 aliphatic heterocycles. The molecule has 2 rings (SSSR count). The van der Waals surface area contributed by atoms with Crippen LogP contribution in [0.2, 0.25) is 0 Å². The van der Waals surface area contributed by atoms with Crippen molar-refractivity contribution in [1.29, 1.82) is 0 Å². The molecule has 0 amide bonds. The normalized spacial score (nSPS) is 11.6. The zero-order valence-electron chi connectivity index (χ0n) is 14.0. The molecule has 0 saturated carbocycles. The van der Waals surface area contributed by atoms with Crippen LogP contribution < -0.4 is 8.32 Å². The molecule has 0 saturated heterocycles. The van der Waals surface area contributed by atoms with Crippen molar-refractivity contribution < 1.29 is 17.1 Å². The van der Waals surface area contributed by atoms with Crippen LogP contribution in [0.3, 0.4) is 0 Å². The second-order valence-corrected chi connectivity index (χ2v) is 8.62. The summed E-state index contributed by atoms with van der Waals surface area (Å²) in [6.45, 7) is 13.7. The van der Waals surface area contributed by atoms with Crippen LogP contribution in [0.25, 0.3) is 0 Å². The molecule has 0 spiro atoms. The summed E-state index contributed by atoms with van der Waals surface area (Å²) in [7, 11) is 0. The third-order valence-electron chi connectivity index (χ3n) is 3.87. The van der Waals surface area contributed by atoms with Gasteiger partial charge in [0.05, 0.1) is 0 Å². The van der Waals surface area contributed by atoms with Crippen molar-refractivity contribution >= 4 is 8.32 Å². The summed E-state index contributed by atoms with van der Waals surface area (Å²) in [6, 6.07) is 13.6. The Morgan fingerprint density at radius 2 is 1.05 bits per heavy atom. The Kier molecular flexibility index (Phi) is 5.39. The van der Waals surface area contributed by atoms with Crippen LogP contribution in [0.5, 0.6) is 0 Å². The summed E-state index contributed by atoms with van der Waals surface area (Å²) >= 11 is 0.0958. The van der Waals surface area contributed by atoms with Crippen LogP contribution in [-0.2, 0) is 17.1 Å². The molecular weight excluding hydrogens is 341 g/mol. The van der Waals surface area contributed by atoms with E-state index in [1.807, 2.05) is 0 Å². The first-order chi connectivity index (χ1) is 9.91. The Morgan fingerprint density at radius 3 is 1.38 bits per heavy atom. The van der Waals surface area contributed by atoms with E-state index in [9.17, 15) is 0 Å². The first-order valence-corrected chi connectivity index (χ1v) is 9.47. The van der Waals surface area contributed by atoms with E-state index in [-0.39, 0.29) is 17.1 Å². The van der Waals surface area contributed by atoms with Gasteiger partial charge in [0, 0.05) is 0 Å². The van der Waals surface area contributed by atoms with Gasteiger partial charge in [-0.2, -0.15) is 0 Å². The fraction of sp³-hybridized carbons (Fsp3) is 0.400. The van der Waals surface area contributed by atoms with Crippen molar-refractivity contribution in [1.82, 2.24) is 0 Å². The molecule has 0 bridgehead atoms. The molecule has 0 unspecified atom stereocenters. The molecule has 0 heterocycles. The molecule has 0 N–H and O–H groups in total. The molecule has 0 radical (unpaired) electrons. The molecule has 2 aromatic carbocycles. The first kappa shape index (κ1) is 16.4. The van der Waals surface area contributed by atoms with Gasteiger partial charge in [0.15, 0.2) is 0 Å². The minimum atomic E-state index is 0.0958. The van der Waals surface area contributed by atoms with Crippen molar-refractivity contribution in [2.24, 2.45) is 0 Å². The average molecular weight is 367 g/mol. The van der Waals surface area contributed by atoms with Gasteiger partial charge < -0.3 is 0 Å². The topological polar surface area (TPSA) is 0 Å². The molecule has 1 heteroatoms. The van der Waals surface area contributed by atoms with E-state index in [0.29, 0.717) is 11.8 Å². The molecule has 0 atom stereocenters. The number of benzene rings is 2. The van der Waals surface area contributed by atoms with Crippen molar-refractivity contribution in [2.75, 3.05) is 0 Å². The van der Waals surface area contributed by atoms with Crippen LogP contribution in [0.1, 0.15) is 61.8 Å². The second kappa shape index (κ2) is 6.88. The number of hydrogen-bond acceptors (Lipinski definition) is 0. The van der Waals surface area contributed by atoms with Crippen LogP contribution >= 0.6 is 0 Å². The molecule has 2 aromatic rings. The van der Waals surface area contributed by atoms with E-state index in [2.05, 4.69) is 77.9 Å². The zero-order valence-corrected chi connectivity index (χ0v) is 15.7. The van der Waals surface area contributed by atoms with Crippen LogP contribution in [0.15, 0.2) is 36.4 Å². The summed E-state index contributed by atoms with van der Waals surface area (Å²) in [5.74, 6) is 1.20. The number of hydrogen-bond donors (Lipinski definition) is 0. The molecule has 0 fully saturated rings. The summed E-state index contributed by atoms with van der Waals surface area (Å²) in [4.78, 5) is 0. The number of aryl methyl sites for hydroxylation is 2. The zero-order chi connectivity index (χ0) is 15.6. The Hall–Kier alpha value is -0.937. The fourth-order valence-corrected chi connectivity index (χ4v) is 6.27. The summed E-state index contributed by atoms with van der Waals surface area (Å²) < 4.78 is 3.15. The first-order valence-electron chi connectivity index (χ1n) is 7.73. The standard InChI is InChI=1S/2C10H13.Ru/c2*1-8(2)10-7-5-4-6-9(10)3;/h2*4-6,8H,1-3H3;. The van der Waals surface area contributed by atoms with Gasteiger partial charge in [0.1, 0.15) is 0 Å². The van der Waals surface area contributed by atoms with Gasteiger partial charge in [-0.05, 0) is 0 Å². The van der Waals surface area contributed by atoms with Crippen LogP contribution in [-0.4, -0.2) is 0 Å². The van der Waals surface area contributed by atoms with E-state index >= 15 is 0 Å². The van der Waals surface area contributed by atoms with Crippen molar-refractivity contribution in [3.8, 4) is 0 Å². The summed E-state index contributed by atoms with van der Waals surface area (Å²) in [5, 5.41) is 0. The quantitative estimate of drug-likeness (QED) is 0.694. The van der Waals surface area contributed by atoms with Crippen molar-refractivity contribution in [3.05, 3.63) is 58.7 Å². The molecule has 0 nitrogen and oxygen atoms in total. The van der Waals surface area contributed by atoms with Gasteiger partial charge in [-0.25, -0.2) is 0 Å². The predicted molar refractivity (Wildman–Crippen MR) is 89.8 cm³/mol. The maximum absolute atomic E-state index is 2.34. The Labute approximate surface area is 137 Å². The van der Waals surface area contributed by atoms with Crippen LogP contribution in [0, 0.1) is 13.8 Å². The molecule has 0 aliphatic rings. The molecule has 0 aliphatic carbocycles. The number of rotatable bonds is 4. The molecule has 0 aromatic heterocycles. The van der Waals surface area contributed by atoms with Gasteiger partial charge in [0.2, 0.25) is 0 Å². The van der Waals surface area contributed by atoms with Gasteiger partial charge in [-0.15, -0.1) is 0 Å². The predicted octanol–water partition coefficient (Wildman–Crippen LogP) is 4.58. The van der Waals surface area contributed by atoms with Gasteiger partial charge in [0.25, 0.3) is 0 Å². The molecule has 21 heavy (non-hydrogen) atoms. The third-order valence-corrected chi connectivity index (χ3v) is 6.32. The minimum absolute atomic E-state index is 0.0958. The van der Waals surface area contributed by atoms with E-state index < -0.39 is 0 Å². The SMILES string of the molecule is Cc1ccc[c]([Ru][c]2cccc(C)c2C(C)C)c1C(C)C. The maximum atomic E-state index is 2.34. The van der Waals surface area contributed by atoms with E-state index in [1.54, 1.807) is 19.4 Å². The summed E-state index contributed by atoms with van der Waals surface area (Å²) in [6.07, 6.45) is 0.